The lowest BCUT2D eigenvalue weighted by Gasteiger charge is -2.20. The van der Waals surface area contributed by atoms with Gasteiger partial charge in [0.15, 0.2) is 0 Å². The lowest BCUT2D eigenvalue weighted by molar-refractivity contribution is -0.114. The van der Waals surface area contributed by atoms with E-state index in [1.807, 2.05) is 23.0 Å². The molecule has 0 radical (unpaired) electrons. The Morgan fingerprint density at radius 1 is 1.31 bits per heavy atom. The summed E-state index contributed by atoms with van der Waals surface area (Å²) in [7, 11) is 1.56. The molecule has 0 fully saturated rings. The summed E-state index contributed by atoms with van der Waals surface area (Å²) in [5, 5.41) is 7.44. The Bertz CT molecular complexity index is 1050. The second-order valence-electron chi connectivity index (χ2n) is 6.63. The number of hydrogen-bond donors (Lipinski definition) is 4. The number of anilines is 1. The van der Waals surface area contributed by atoms with Crippen molar-refractivity contribution in [1.82, 2.24) is 9.78 Å². The van der Waals surface area contributed by atoms with Gasteiger partial charge in [0.2, 0.25) is 0 Å². The van der Waals surface area contributed by atoms with E-state index in [0.29, 0.717) is 11.4 Å². The van der Waals surface area contributed by atoms with Crippen LogP contribution in [-0.2, 0) is 4.79 Å². The average Bonchev–Trinajstić information content (AvgIpc) is 3.13. The third-order valence-electron chi connectivity index (χ3n) is 4.73. The third kappa shape index (κ3) is 4.22. The van der Waals surface area contributed by atoms with Gasteiger partial charge in [-0.05, 0) is 31.9 Å². The number of benzene rings is 1. The Morgan fingerprint density at radius 3 is 2.62 bits per heavy atom. The molecule has 152 valence electrons. The largest absolute Gasteiger partial charge is 0.494 e. The minimum absolute atomic E-state index is 0.0581. The van der Waals surface area contributed by atoms with E-state index in [-0.39, 0.29) is 16.6 Å². The summed E-state index contributed by atoms with van der Waals surface area (Å²) in [5.74, 6) is -0.259. The first kappa shape index (κ1) is 20.3. The summed E-state index contributed by atoms with van der Waals surface area (Å²) in [6.45, 7) is 2.11. The molecule has 1 aromatic heterocycles. The zero-order valence-electron chi connectivity index (χ0n) is 16.2. The number of carbonyl (C=O) groups excluding carboxylic acids is 1. The van der Waals surface area contributed by atoms with Crippen molar-refractivity contribution in [2.45, 2.75) is 19.8 Å². The minimum atomic E-state index is -0.804. The average molecular weight is 415 g/mol. The van der Waals surface area contributed by atoms with Crippen LogP contribution in [0.1, 0.15) is 19.8 Å². The van der Waals surface area contributed by atoms with Gasteiger partial charge in [-0.2, -0.15) is 5.10 Å². The van der Waals surface area contributed by atoms with Crippen molar-refractivity contribution in [2.24, 2.45) is 17.2 Å². The molecule has 1 aliphatic carbocycles. The van der Waals surface area contributed by atoms with Crippen LogP contribution in [0.2, 0.25) is 0 Å². The van der Waals surface area contributed by atoms with E-state index in [9.17, 15) is 4.79 Å². The van der Waals surface area contributed by atoms with E-state index in [2.05, 4.69) is 17.3 Å². The highest BCUT2D eigenvalue weighted by atomic mass is 35.5. The molecule has 1 amide bonds. The summed E-state index contributed by atoms with van der Waals surface area (Å²) < 4.78 is 7.52. The quantitative estimate of drug-likeness (QED) is 0.312. The Kier molecular flexibility index (Phi) is 5.84. The van der Waals surface area contributed by atoms with E-state index in [4.69, 9.17) is 33.5 Å². The molecule has 1 aliphatic rings. The van der Waals surface area contributed by atoms with E-state index >= 15 is 0 Å². The van der Waals surface area contributed by atoms with Gasteiger partial charge in [-0.3, -0.25) is 4.79 Å². The molecule has 7 N–H and O–H groups in total. The van der Waals surface area contributed by atoms with Gasteiger partial charge in [0.05, 0.1) is 24.7 Å². The SMILES string of the molecule is COc1c(NC(/C=C(\N)Cl)=C(/N)C(N)=O)cccc1-c1cnn(C2=C(C)CC2)c1. The Balaban J connectivity index is 2.02. The summed E-state index contributed by atoms with van der Waals surface area (Å²) in [4.78, 5) is 11.5. The Labute approximate surface area is 173 Å². The molecular weight excluding hydrogens is 392 g/mol. The number of aromatic nitrogens is 2. The van der Waals surface area contributed by atoms with Gasteiger partial charge < -0.3 is 27.3 Å². The predicted molar refractivity (Wildman–Crippen MR) is 114 cm³/mol. The minimum Gasteiger partial charge on any atom is -0.494 e. The fourth-order valence-electron chi connectivity index (χ4n) is 3.09. The van der Waals surface area contributed by atoms with Gasteiger partial charge in [0.25, 0.3) is 5.91 Å². The molecule has 0 aliphatic heterocycles. The summed E-state index contributed by atoms with van der Waals surface area (Å²) in [5.41, 5.74) is 21.4. The number of rotatable bonds is 7. The number of allylic oxidation sites excluding steroid dienone is 3. The van der Waals surface area contributed by atoms with Gasteiger partial charge >= 0.3 is 0 Å². The number of para-hydroxylation sites is 1. The van der Waals surface area contributed by atoms with E-state index in [0.717, 1.165) is 24.0 Å². The highest BCUT2D eigenvalue weighted by Gasteiger charge is 2.19. The first-order valence-electron chi connectivity index (χ1n) is 8.92. The molecule has 0 bridgehead atoms. The lowest BCUT2D eigenvalue weighted by Crippen LogP contribution is -2.24. The van der Waals surface area contributed by atoms with Crippen molar-refractivity contribution in [2.75, 3.05) is 12.4 Å². The van der Waals surface area contributed by atoms with Crippen LogP contribution in [0.4, 0.5) is 5.69 Å². The molecule has 2 aromatic rings. The van der Waals surface area contributed by atoms with Crippen LogP contribution < -0.4 is 27.3 Å². The molecule has 29 heavy (non-hydrogen) atoms. The fourth-order valence-corrected chi connectivity index (χ4v) is 3.20. The maximum atomic E-state index is 11.5. The molecule has 9 heteroatoms. The fraction of sp³-hybridized carbons (Fsp3) is 0.200. The van der Waals surface area contributed by atoms with Crippen LogP contribution in [0.25, 0.3) is 16.8 Å². The van der Waals surface area contributed by atoms with Crippen molar-refractivity contribution < 1.29 is 9.53 Å². The Hall–Kier alpha value is -3.39. The number of primary amides is 1. The second kappa shape index (κ2) is 8.32. The number of methoxy groups -OCH3 is 1. The number of nitrogens with zero attached hydrogens (tertiary/aromatic N) is 2. The molecule has 0 spiro atoms. The number of ether oxygens (including phenoxy) is 1. The second-order valence-corrected chi connectivity index (χ2v) is 7.07. The third-order valence-corrected chi connectivity index (χ3v) is 4.84. The van der Waals surface area contributed by atoms with Crippen molar-refractivity contribution in [3.63, 3.8) is 0 Å². The molecular formula is C20H23ClN6O2. The number of carbonyl (C=O) groups is 1. The molecule has 0 atom stereocenters. The lowest BCUT2D eigenvalue weighted by atomic mass is 9.96. The van der Waals surface area contributed by atoms with E-state index in [1.165, 1.54) is 17.3 Å². The maximum absolute atomic E-state index is 11.5. The van der Waals surface area contributed by atoms with Gasteiger partial charge in [-0.25, -0.2) is 4.68 Å². The van der Waals surface area contributed by atoms with Crippen LogP contribution >= 0.6 is 11.6 Å². The highest BCUT2D eigenvalue weighted by Crippen LogP contribution is 2.38. The Morgan fingerprint density at radius 2 is 2.07 bits per heavy atom. The van der Waals surface area contributed by atoms with Gasteiger partial charge in [0.1, 0.15) is 16.6 Å². The topological polar surface area (TPSA) is 134 Å². The molecule has 0 saturated heterocycles. The van der Waals surface area contributed by atoms with E-state index < -0.39 is 5.91 Å². The zero-order chi connectivity index (χ0) is 21.1. The smallest absolute Gasteiger partial charge is 0.266 e. The molecule has 8 nitrogen and oxygen atoms in total. The van der Waals surface area contributed by atoms with Crippen LogP contribution in [0.15, 0.2) is 58.8 Å². The van der Waals surface area contributed by atoms with Crippen LogP contribution in [0, 0.1) is 0 Å². The number of halogens is 1. The van der Waals surface area contributed by atoms with Crippen LogP contribution in [-0.4, -0.2) is 22.8 Å². The summed E-state index contributed by atoms with van der Waals surface area (Å²) >= 11 is 5.76. The first-order chi connectivity index (χ1) is 13.8. The molecule has 0 unspecified atom stereocenters. The molecule has 3 rings (SSSR count). The first-order valence-corrected chi connectivity index (χ1v) is 9.30. The molecule has 0 saturated carbocycles. The number of nitrogens with two attached hydrogens (primary N) is 3. The number of nitrogens with one attached hydrogen (secondary N) is 1. The number of amides is 1. The maximum Gasteiger partial charge on any atom is 0.266 e. The normalized spacial score (nSPS) is 14.9. The summed E-state index contributed by atoms with van der Waals surface area (Å²) in [6.07, 6.45) is 7.17. The van der Waals surface area contributed by atoms with Gasteiger partial charge in [-0.15, -0.1) is 0 Å². The van der Waals surface area contributed by atoms with Crippen molar-refractivity contribution in [3.8, 4) is 16.9 Å². The van der Waals surface area contributed by atoms with Crippen molar-refractivity contribution in [1.29, 1.82) is 0 Å². The van der Waals surface area contributed by atoms with E-state index in [1.54, 1.807) is 19.4 Å². The predicted octanol–water partition coefficient (Wildman–Crippen LogP) is 2.69. The molecule has 1 aromatic carbocycles. The number of hydrogen-bond acceptors (Lipinski definition) is 6. The highest BCUT2D eigenvalue weighted by molar-refractivity contribution is 6.29. The summed E-state index contributed by atoms with van der Waals surface area (Å²) in [6, 6.07) is 5.54. The van der Waals surface area contributed by atoms with Gasteiger partial charge in [-0.1, -0.05) is 29.3 Å². The standard InChI is InChI=1S/C20H23ClN6O2/c1-11-6-7-16(11)27-10-12(9-25-27)13-4-3-5-14(19(13)29-2)26-15(8-17(21)22)18(23)20(24)28/h3-5,8-10,26H,6-7,22-23H2,1-2H3,(H2,24,28)/b17-8-,18-15+. The van der Waals surface area contributed by atoms with Crippen molar-refractivity contribution in [3.05, 3.63) is 58.8 Å². The monoisotopic (exact) mass is 414 g/mol. The van der Waals surface area contributed by atoms with Crippen molar-refractivity contribution >= 4 is 28.9 Å². The molecule has 1 heterocycles. The van der Waals surface area contributed by atoms with Gasteiger partial charge in [0, 0.05) is 23.0 Å². The van der Waals surface area contributed by atoms with Crippen LogP contribution in [0.5, 0.6) is 5.75 Å². The van der Waals surface area contributed by atoms with Crippen LogP contribution in [0.3, 0.4) is 0 Å². The zero-order valence-corrected chi connectivity index (χ0v) is 17.0.